The monoisotopic (exact) mass is 313 g/mol. The highest BCUT2D eigenvalue weighted by Crippen LogP contribution is 2.32. The minimum Gasteiger partial charge on any atom is -0.396 e. The number of hydrogen-bond acceptors (Lipinski definition) is 3. The van der Waals surface area contributed by atoms with Crippen molar-refractivity contribution in [1.29, 1.82) is 0 Å². The van der Waals surface area contributed by atoms with Crippen molar-refractivity contribution >= 4 is 43.9 Å². The molecule has 0 saturated heterocycles. The molecule has 4 heteroatoms. The van der Waals surface area contributed by atoms with Crippen LogP contribution in [0.1, 0.15) is 0 Å². The van der Waals surface area contributed by atoms with Gasteiger partial charge in [-0.2, -0.15) is 0 Å². The molecule has 0 fully saturated rings. The highest BCUT2D eigenvalue weighted by atomic mass is 79.9. The maximum Gasteiger partial charge on any atom is 0.153 e. The third-order valence-electron chi connectivity index (χ3n) is 2.96. The van der Waals surface area contributed by atoms with Crippen molar-refractivity contribution in [2.75, 3.05) is 11.1 Å². The number of pyridine rings is 1. The third kappa shape index (κ3) is 2.27. The number of benzene rings is 2. The lowest BCUT2D eigenvalue weighted by molar-refractivity contribution is 1.31. The van der Waals surface area contributed by atoms with Gasteiger partial charge in [0.2, 0.25) is 0 Å². The van der Waals surface area contributed by atoms with Gasteiger partial charge in [-0.05, 0) is 29.7 Å². The molecule has 0 unspecified atom stereocenters. The molecule has 0 aliphatic carbocycles. The van der Waals surface area contributed by atoms with Crippen molar-refractivity contribution in [2.45, 2.75) is 0 Å². The van der Waals surface area contributed by atoms with Crippen LogP contribution in [0.2, 0.25) is 0 Å². The Morgan fingerprint density at radius 2 is 1.74 bits per heavy atom. The molecule has 1 heterocycles. The number of anilines is 3. The van der Waals surface area contributed by atoms with Crippen LogP contribution in [0.5, 0.6) is 0 Å². The summed E-state index contributed by atoms with van der Waals surface area (Å²) in [5, 5.41) is 5.57. The van der Waals surface area contributed by atoms with E-state index >= 15 is 0 Å². The molecular formula is C15H12BrN3. The maximum atomic E-state index is 5.91. The van der Waals surface area contributed by atoms with Gasteiger partial charge in [-0.15, -0.1) is 0 Å². The molecule has 3 N–H and O–H groups in total. The van der Waals surface area contributed by atoms with E-state index in [9.17, 15) is 0 Å². The number of hydrogen-bond donors (Lipinski definition) is 2. The lowest BCUT2D eigenvalue weighted by Crippen LogP contribution is -1.99. The van der Waals surface area contributed by atoms with E-state index in [2.05, 4.69) is 38.4 Å². The highest BCUT2D eigenvalue weighted by Gasteiger charge is 2.06. The van der Waals surface area contributed by atoms with Crippen LogP contribution in [0.4, 0.5) is 17.2 Å². The second-order valence-corrected chi connectivity index (χ2v) is 5.06. The standard InChI is InChI=1S/C15H12BrN3/c16-12-7-8-14(11-5-2-1-4-10(11)12)19-15-13(17)6-3-9-18-15/h1-9H,17H2,(H,18,19). The van der Waals surface area contributed by atoms with Crippen LogP contribution in [0.25, 0.3) is 10.8 Å². The van der Waals surface area contributed by atoms with Crippen molar-refractivity contribution in [1.82, 2.24) is 4.98 Å². The fourth-order valence-electron chi connectivity index (χ4n) is 2.02. The summed E-state index contributed by atoms with van der Waals surface area (Å²) >= 11 is 3.56. The highest BCUT2D eigenvalue weighted by molar-refractivity contribution is 9.10. The van der Waals surface area contributed by atoms with Gasteiger partial charge in [0.25, 0.3) is 0 Å². The van der Waals surface area contributed by atoms with Crippen molar-refractivity contribution in [3.63, 3.8) is 0 Å². The quantitative estimate of drug-likeness (QED) is 0.740. The van der Waals surface area contributed by atoms with Gasteiger partial charge in [-0.3, -0.25) is 0 Å². The molecule has 3 rings (SSSR count). The fraction of sp³-hybridized carbons (Fsp3) is 0. The van der Waals surface area contributed by atoms with Gasteiger partial charge >= 0.3 is 0 Å². The minimum atomic E-state index is 0.634. The van der Waals surface area contributed by atoms with E-state index in [1.165, 1.54) is 0 Å². The van der Waals surface area contributed by atoms with Crippen LogP contribution in [-0.2, 0) is 0 Å². The van der Waals surface area contributed by atoms with E-state index in [1.807, 2.05) is 36.4 Å². The molecule has 0 saturated carbocycles. The van der Waals surface area contributed by atoms with E-state index < -0.39 is 0 Å². The summed E-state index contributed by atoms with van der Waals surface area (Å²) in [6.07, 6.45) is 1.72. The van der Waals surface area contributed by atoms with Gasteiger partial charge < -0.3 is 11.1 Å². The number of nitrogen functional groups attached to an aromatic ring is 1. The van der Waals surface area contributed by atoms with Crippen LogP contribution < -0.4 is 11.1 Å². The Kier molecular flexibility index (Phi) is 3.09. The predicted octanol–water partition coefficient (Wildman–Crippen LogP) is 4.32. The second kappa shape index (κ2) is 4.90. The van der Waals surface area contributed by atoms with Crippen LogP contribution in [-0.4, -0.2) is 4.98 Å². The Morgan fingerprint density at radius 3 is 2.53 bits per heavy atom. The van der Waals surface area contributed by atoms with Gasteiger partial charge in [0.1, 0.15) is 0 Å². The number of nitrogens with two attached hydrogens (primary N) is 1. The number of nitrogens with one attached hydrogen (secondary N) is 1. The van der Waals surface area contributed by atoms with Crippen LogP contribution in [0.15, 0.2) is 59.2 Å². The first-order chi connectivity index (χ1) is 9.25. The first-order valence-electron chi connectivity index (χ1n) is 5.90. The van der Waals surface area contributed by atoms with Gasteiger partial charge in [0.05, 0.1) is 5.69 Å². The zero-order valence-electron chi connectivity index (χ0n) is 10.1. The fourth-order valence-corrected chi connectivity index (χ4v) is 2.50. The molecule has 0 atom stereocenters. The lowest BCUT2D eigenvalue weighted by atomic mass is 10.1. The molecule has 0 radical (unpaired) electrons. The first-order valence-corrected chi connectivity index (χ1v) is 6.70. The average Bonchev–Trinajstić information content (AvgIpc) is 2.44. The van der Waals surface area contributed by atoms with E-state index in [0.717, 1.165) is 20.9 Å². The smallest absolute Gasteiger partial charge is 0.153 e. The summed E-state index contributed by atoms with van der Waals surface area (Å²) in [7, 11) is 0. The largest absolute Gasteiger partial charge is 0.396 e. The molecule has 0 spiro atoms. The van der Waals surface area contributed by atoms with Crippen molar-refractivity contribution < 1.29 is 0 Å². The zero-order chi connectivity index (χ0) is 13.2. The van der Waals surface area contributed by atoms with E-state index in [0.29, 0.717) is 11.5 Å². The molecule has 0 aliphatic rings. The number of aromatic nitrogens is 1. The molecule has 0 aliphatic heterocycles. The predicted molar refractivity (Wildman–Crippen MR) is 83.6 cm³/mol. The third-order valence-corrected chi connectivity index (χ3v) is 3.65. The lowest BCUT2D eigenvalue weighted by Gasteiger charge is -2.11. The van der Waals surface area contributed by atoms with E-state index in [4.69, 9.17) is 5.73 Å². The number of rotatable bonds is 2. The zero-order valence-corrected chi connectivity index (χ0v) is 11.7. The normalized spacial score (nSPS) is 10.6. The Hall–Kier alpha value is -2.07. The molecule has 0 bridgehead atoms. The van der Waals surface area contributed by atoms with E-state index in [1.54, 1.807) is 6.20 Å². The molecule has 1 aromatic heterocycles. The molecule has 19 heavy (non-hydrogen) atoms. The average molecular weight is 314 g/mol. The molecule has 2 aromatic carbocycles. The molecule has 0 amide bonds. The van der Waals surface area contributed by atoms with Gasteiger partial charge in [0.15, 0.2) is 5.82 Å². The number of fused-ring (bicyclic) bond motifs is 1. The summed E-state index contributed by atoms with van der Waals surface area (Å²) in [6, 6.07) is 15.9. The number of nitrogens with zero attached hydrogens (tertiary/aromatic N) is 1. The van der Waals surface area contributed by atoms with Crippen molar-refractivity contribution in [2.24, 2.45) is 0 Å². The summed E-state index contributed by atoms with van der Waals surface area (Å²) in [4.78, 5) is 4.25. The molecule has 94 valence electrons. The van der Waals surface area contributed by atoms with Crippen LogP contribution >= 0.6 is 15.9 Å². The Bertz CT molecular complexity index is 740. The van der Waals surface area contributed by atoms with Gasteiger partial charge in [0, 0.05) is 21.7 Å². The van der Waals surface area contributed by atoms with Gasteiger partial charge in [-0.1, -0.05) is 40.2 Å². The SMILES string of the molecule is Nc1cccnc1Nc1ccc(Br)c2ccccc12. The topological polar surface area (TPSA) is 50.9 Å². The first kappa shape index (κ1) is 12.0. The summed E-state index contributed by atoms with van der Waals surface area (Å²) in [6.45, 7) is 0. The number of halogens is 1. The van der Waals surface area contributed by atoms with Gasteiger partial charge in [-0.25, -0.2) is 4.98 Å². The minimum absolute atomic E-state index is 0.634. The summed E-state index contributed by atoms with van der Waals surface area (Å²) in [5.74, 6) is 0.676. The second-order valence-electron chi connectivity index (χ2n) is 4.21. The Balaban J connectivity index is 2.12. The Morgan fingerprint density at radius 1 is 0.947 bits per heavy atom. The summed E-state index contributed by atoms with van der Waals surface area (Å²) in [5.41, 5.74) is 7.53. The molecular weight excluding hydrogens is 302 g/mol. The molecule has 3 nitrogen and oxygen atoms in total. The van der Waals surface area contributed by atoms with E-state index in [-0.39, 0.29) is 0 Å². The van der Waals surface area contributed by atoms with Crippen LogP contribution in [0, 0.1) is 0 Å². The van der Waals surface area contributed by atoms with Crippen molar-refractivity contribution in [3.05, 3.63) is 59.2 Å². The van der Waals surface area contributed by atoms with Crippen molar-refractivity contribution in [3.8, 4) is 0 Å². The maximum absolute atomic E-state index is 5.91. The summed E-state index contributed by atoms with van der Waals surface area (Å²) < 4.78 is 1.07. The molecule has 3 aromatic rings. The Labute approximate surface area is 119 Å². The van der Waals surface area contributed by atoms with Crippen LogP contribution in [0.3, 0.4) is 0 Å².